The first kappa shape index (κ1) is 21.4. The molecule has 0 fully saturated rings. The van der Waals surface area contributed by atoms with Crippen LogP contribution in [0, 0.1) is 11.2 Å². The molecule has 164 valence electrons. The molecule has 32 heavy (non-hydrogen) atoms. The maximum atomic E-state index is 14.0. The third kappa shape index (κ3) is 3.66. The summed E-state index contributed by atoms with van der Waals surface area (Å²) in [5, 5.41) is 7.93. The van der Waals surface area contributed by atoms with Crippen LogP contribution in [-0.4, -0.2) is 40.2 Å². The van der Waals surface area contributed by atoms with Crippen molar-refractivity contribution < 1.29 is 13.9 Å². The molecular formula is C23H23FN6O2. The van der Waals surface area contributed by atoms with Gasteiger partial charge in [-0.3, -0.25) is 9.79 Å². The minimum atomic E-state index is -0.843. The van der Waals surface area contributed by atoms with Crippen LogP contribution in [0.25, 0.3) is 11.0 Å². The van der Waals surface area contributed by atoms with Crippen LogP contribution in [0.1, 0.15) is 32.0 Å². The molecule has 3 heterocycles. The molecule has 4 rings (SSSR count). The molecule has 0 aliphatic carbocycles. The van der Waals surface area contributed by atoms with Crippen LogP contribution in [-0.2, 0) is 11.3 Å². The van der Waals surface area contributed by atoms with Gasteiger partial charge in [-0.05, 0) is 51.3 Å². The van der Waals surface area contributed by atoms with E-state index in [2.05, 4.69) is 32.1 Å². The number of fused-ring (bicyclic) bond motifs is 1. The number of rotatable bonds is 6. The normalized spacial score (nSPS) is 15.9. The number of pyridine rings is 1. The summed E-state index contributed by atoms with van der Waals surface area (Å²) in [6.07, 6.45) is 1.16. The first-order chi connectivity index (χ1) is 15.2. The van der Waals surface area contributed by atoms with E-state index in [9.17, 15) is 9.18 Å². The fraction of sp³-hybridized carbons (Fsp3) is 0.261. The highest BCUT2D eigenvalue weighted by Crippen LogP contribution is 2.35. The first-order valence-electron chi connectivity index (χ1n) is 9.98. The highest BCUT2D eigenvalue weighted by molar-refractivity contribution is 6.08. The average Bonchev–Trinajstić information content (AvgIpc) is 3.21. The number of amides is 1. The number of carbonyl (C=O) groups is 1. The number of ether oxygens (including phenoxy) is 1. The Morgan fingerprint density at radius 1 is 1.31 bits per heavy atom. The minimum absolute atomic E-state index is 0.214. The lowest BCUT2D eigenvalue weighted by Crippen LogP contribution is -2.28. The molecule has 1 amide bonds. The maximum Gasteiger partial charge on any atom is 0.237 e. The van der Waals surface area contributed by atoms with Crippen molar-refractivity contribution >= 4 is 29.4 Å². The molecule has 0 unspecified atom stereocenters. The second kappa shape index (κ2) is 7.99. The number of hydrogen-bond donors (Lipinski definition) is 1. The van der Waals surface area contributed by atoms with E-state index in [4.69, 9.17) is 4.74 Å². The summed E-state index contributed by atoms with van der Waals surface area (Å²) in [7, 11) is 1.61. The topological polar surface area (TPSA) is 93.8 Å². The number of nitrogens with one attached hydrogen (secondary N) is 1. The number of halogens is 1. The fourth-order valence-corrected chi connectivity index (χ4v) is 3.62. The molecule has 2 aromatic heterocycles. The highest BCUT2D eigenvalue weighted by atomic mass is 19.1. The molecule has 0 saturated heterocycles. The standard InChI is InChI=1S/C23H23FN6O2/c1-13(27-20-19(25-4)23(2,3)22(31)28-20)18-17-10-15(24)11-26-21(17)30(29-18)12-14-6-8-16(32-5)9-7-14/h6-11H,4,12H2,1-3,5H3,(H,28,31). The van der Waals surface area contributed by atoms with Crippen LogP contribution in [0.4, 0.5) is 4.39 Å². The molecule has 1 aromatic carbocycles. The van der Waals surface area contributed by atoms with Gasteiger partial charge in [0.1, 0.15) is 17.3 Å². The molecule has 1 aliphatic rings. The summed E-state index contributed by atoms with van der Waals surface area (Å²) >= 11 is 0. The van der Waals surface area contributed by atoms with Crippen molar-refractivity contribution in [3.8, 4) is 5.75 Å². The van der Waals surface area contributed by atoms with E-state index in [0.29, 0.717) is 40.5 Å². The Balaban J connectivity index is 1.79. The van der Waals surface area contributed by atoms with Crippen molar-refractivity contribution in [1.29, 1.82) is 0 Å². The SMILES string of the molecule is C=NC1=C(N=C(C)c2nn(Cc3ccc(OC)cc3)c3ncc(F)cc23)NC(=O)C1(C)C. The molecule has 0 saturated carbocycles. The van der Waals surface area contributed by atoms with Crippen molar-refractivity contribution in [1.82, 2.24) is 20.1 Å². The molecular weight excluding hydrogens is 411 g/mol. The van der Waals surface area contributed by atoms with Crippen LogP contribution >= 0.6 is 0 Å². The Labute approximate surface area is 184 Å². The molecule has 0 bridgehead atoms. The number of nitrogens with zero attached hydrogens (tertiary/aromatic N) is 5. The van der Waals surface area contributed by atoms with Gasteiger partial charge in [0, 0.05) is 0 Å². The van der Waals surface area contributed by atoms with Gasteiger partial charge in [0.05, 0.1) is 42.1 Å². The van der Waals surface area contributed by atoms with Crippen molar-refractivity contribution in [3.05, 3.63) is 65.1 Å². The van der Waals surface area contributed by atoms with Crippen molar-refractivity contribution in [2.24, 2.45) is 15.4 Å². The molecule has 3 aromatic rings. The lowest BCUT2D eigenvalue weighted by molar-refractivity contribution is -0.125. The Morgan fingerprint density at radius 2 is 2.03 bits per heavy atom. The Morgan fingerprint density at radius 3 is 2.69 bits per heavy atom. The second-order valence-corrected chi connectivity index (χ2v) is 8.01. The molecule has 0 spiro atoms. The van der Waals surface area contributed by atoms with Gasteiger partial charge in [-0.2, -0.15) is 5.10 Å². The Kier molecular flexibility index (Phi) is 5.33. The summed E-state index contributed by atoms with van der Waals surface area (Å²) in [5.41, 5.74) is 2.07. The van der Waals surface area contributed by atoms with Gasteiger partial charge in [0.25, 0.3) is 0 Å². The van der Waals surface area contributed by atoms with Gasteiger partial charge >= 0.3 is 0 Å². The predicted molar refractivity (Wildman–Crippen MR) is 120 cm³/mol. The number of hydrogen-bond acceptors (Lipinski definition) is 6. The second-order valence-electron chi connectivity index (χ2n) is 8.01. The van der Waals surface area contributed by atoms with Gasteiger partial charge in [-0.15, -0.1) is 0 Å². The van der Waals surface area contributed by atoms with Gasteiger partial charge in [0.2, 0.25) is 5.91 Å². The van der Waals surface area contributed by atoms with Gasteiger partial charge in [-0.1, -0.05) is 12.1 Å². The van der Waals surface area contributed by atoms with Crippen molar-refractivity contribution in [2.75, 3.05) is 7.11 Å². The van der Waals surface area contributed by atoms with Crippen molar-refractivity contribution in [2.45, 2.75) is 27.3 Å². The van der Waals surface area contributed by atoms with Gasteiger partial charge in [0.15, 0.2) is 11.5 Å². The van der Waals surface area contributed by atoms with E-state index in [0.717, 1.165) is 17.5 Å². The summed E-state index contributed by atoms with van der Waals surface area (Å²) < 4.78 is 20.9. The van der Waals surface area contributed by atoms with E-state index in [-0.39, 0.29) is 5.91 Å². The molecule has 9 heteroatoms. The van der Waals surface area contributed by atoms with E-state index in [1.54, 1.807) is 32.6 Å². The first-order valence-corrected chi connectivity index (χ1v) is 9.98. The number of benzene rings is 1. The molecule has 0 radical (unpaired) electrons. The van der Waals surface area contributed by atoms with Crippen LogP contribution < -0.4 is 10.1 Å². The van der Waals surface area contributed by atoms with Crippen LogP contribution in [0.5, 0.6) is 5.75 Å². The number of aromatic nitrogens is 3. The zero-order valence-electron chi connectivity index (χ0n) is 18.3. The number of methoxy groups -OCH3 is 1. The molecule has 1 N–H and O–H groups in total. The summed E-state index contributed by atoms with van der Waals surface area (Å²) in [5.74, 6) is 0.381. The largest absolute Gasteiger partial charge is 0.497 e. The summed E-state index contributed by atoms with van der Waals surface area (Å²) in [4.78, 5) is 25.1. The third-order valence-corrected chi connectivity index (χ3v) is 5.44. The van der Waals surface area contributed by atoms with E-state index in [1.165, 1.54) is 6.07 Å². The third-order valence-electron chi connectivity index (χ3n) is 5.44. The van der Waals surface area contributed by atoms with Gasteiger partial charge < -0.3 is 10.1 Å². The lowest BCUT2D eigenvalue weighted by atomic mass is 9.91. The fourth-order valence-electron chi connectivity index (χ4n) is 3.62. The van der Waals surface area contributed by atoms with Gasteiger partial charge in [-0.25, -0.2) is 19.0 Å². The maximum absolute atomic E-state index is 14.0. The Hall–Kier alpha value is -3.88. The van der Waals surface area contributed by atoms with E-state index in [1.807, 2.05) is 24.3 Å². The lowest BCUT2D eigenvalue weighted by Gasteiger charge is -2.14. The number of aliphatic imine (C=N–C) groups is 2. The van der Waals surface area contributed by atoms with Crippen molar-refractivity contribution in [3.63, 3.8) is 0 Å². The quantitative estimate of drug-likeness (QED) is 0.601. The van der Waals surface area contributed by atoms with Crippen LogP contribution in [0.15, 0.2) is 58.0 Å². The van der Waals surface area contributed by atoms with E-state index >= 15 is 0 Å². The summed E-state index contributed by atoms with van der Waals surface area (Å²) in [6, 6.07) is 8.97. The predicted octanol–water partition coefficient (Wildman–Crippen LogP) is 3.46. The van der Waals surface area contributed by atoms with Crippen LogP contribution in [0.2, 0.25) is 0 Å². The van der Waals surface area contributed by atoms with Crippen LogP contribution in [0.3, 0.4) is 0 Å². The zero-order valence-corrected chi connectivity index (χ0v) is 18.3. The zero-order chi connectivity index (χ0) is 23.0. The Bertz CT molecular complexity index is 1290. The monoisotopic (exact) mass is 434 g/mol. The van der Waals surface area contributed by atoms with E-state index < -0.39 is 11.2 Å². The molecule has 1 aliphatic heterocycles. The smallest absolute Gasteiger partial charge is 0.237 e. The average molecular weight is 434 g/mol. The minimum Gasteiger partial charge on any atom is -0.497 e. The summed E-state index contributed by atoms with van der Waals surface area (Å²) in [6.45, 7) is 9.25. The highest BCUT2D eigenvalue weighted by Gasteiger charge is 2.41. The molecule has 8 nitrogen and oxygen atoms in total. The number of carbonyl (C=O) groups excluding carboxylic acids is 1. The molecule has 0 atom stereocenters.